The van der Waals surface area contributed by atoms with Gasteiger partial charge in [0.15, 0.2) is 11.5 Å². The maximum atomic E-state index is 6.23. The van der Waals surface area contributed by atoms with Gasteiger partial charge < -0.3 is 14.2 Å². The number of hydrogen-bond acceptors (Lipinski definition) is 3. The molecule has 102 valence electrons. The standard InChI is InChI=1S/C17H16O3/c1-18-15-8-4-6-13-16-12(10-19-17(13)15)9-11-5-2-3-7-14(11)20-16/h2-8,12,16H,9-10H2,1H3/t12-,16-/m1/s1. The SMILES string of the molecule is COc1cccc2c1OC[C@H]1Cc3ccccc3O[C@@H]21. The van der Waals surface area contributed by atoms with Gasteiger partial charge in [0, 0.05) is 11.5 Å². The fraction of sp³-hybridized carbons (Fsp3) is 0.294. The zero-order chi connectivity index (χ0) is 13.5. The molecule has 0 aromatic heterocycles. The molecule has 0 aliphatic carbocycles. The van der Waals surface area contributed by atoms with Crippen molar-refractivity contribution in [2.45, 2.75) is 12.5 Å². The zero-order valence-corrected chi connectivity index (χ0v) is 11.3. The number of para-hydroxylation sites is 2. The fourth-order valence-corrected chi connectivity index (χ4v) is 3.14. The zero-order valence-electron chi connectivity index (χ0n) is 11.3. The Bertz CT molecular complexity index is 650. The number of benzene rings is 2. The third-order valence-electron chi connectivity index (χ3n) is 4.11. The number of ether oxygens (including phenoxy) is 3. The number of hydrogen-bond donors (Lipinski definition) is 0. The Labute approximate surface area is 118 Å². The molecule has 2 aromatic rings. The van der Waals surface area contributed by atoms with Crippen LogP contribution in [0.4, 0.5) is 0 Å². The third-order valence-corrected chi connectivity index (χ3v) is 4.11. The van der Waals surface area contributed by atoms with Gasteiger partial charge >= 0.3 is 0 Å². The first-order valence-electron chi connectivity index (χ1n) is 6.91. The predicted octanol–water partition coefficient (Wildman–Crippen LogP) is 3.38. The second kappa shape index (κ2) is 4.44. The molecule has 4 rings (SSSR count). The molecule has 0 fully saturated rings. The summed E-state index contributed by atoms with van der Waals surface area (Å²) in [4.78, 5) is 0. The number of rotatable bonds is 1. The number of fused-ring (bicyclic) bond motifs is 4. The van der Waals surface area contributed by atoms with Crippen LogP contribution in [0.3, 0.4) is 0 Å². The predicted molar refractivity (Wildman–Crippen MR) is 75.5 cm³/mol. The minimum Gasteiger partial charge on any atom is -0.493 e. The highest BCUT2D eigenvalue weighted by atomic mass is 16.5. The molecule has 0 bridgehead atoms. The highest BCUT2D eigenvalue weighted by Gasteiger charge is 2.37. The maximum Gasteiger partial charge on any atom is 0.168 e. The molecule has 2 aliphatic rings. The van der Waals surface area contributed by atoms with Crippen molar-refractivity contribution >= 4 is 0 Å². The Morgan fingerprint density at radius 2 is 2.00 bits per heavy atom. The van der Waals surface area contributed by atoms with E-state index in [4.69, 9.17) is 14.2 Å². The van der Waals surface area contributed by atoms with Crippen LogP contribution in [-0.4, -0.2) is 13.7 Å². The van der Waals surface area contributed by atoms with Gasteiger partial charge in [0.05, 0.1) is 13.7 Å². The molecule has 2 heterocycles. The molecule has 0 radical (unpaired) electrons. The van der Waals surface area contributed by atoms with Gasteiger partial charge in [0.1, 0.15) is 11.9 Å². The molecule has 0 N–H and O–H groups in total. The molecule has 2 aromatic carbocycles. The second-order valence-electron chi connectivity index (χ2n) is 5.30. The van der Waals surface area contributed by atoms with Gasteiger partial charge in [-0.3, -0.25) is 0 Å². The average molecular weight is 268 g/mol. The van der Waals surface area contributed by atoms with Crippen LogP contribution in [0.5, 0.6) is 17.2 Å². The Hall–Kier alpha value is -2.16. The summed E-state index contributed by atoms with van der Waals surface area (Å²) in [6, 6.07) is 14.2. The monoisotopic (exact) mass is 268 g/mol. The Morgan fingerprint density at radius 3 is 2.90 bits per heavy atom. The van der Waals surface area contributed by atoms with Crippen LogP contribution in [0.15, 0.2) is 42.5 Å². The van der Waals surface area contributed by atoms with Crippen molar-refractivity contribution in [3.63, 3.8) is 0 Å². The van der Waals surface area contributed by atoms with Crippen molar-refractivity contribution in [3.8, 4) is 17.2 Å². The second-order valence-corrected chi connectivity index (χ2v) is 5.30. The van der Waals surface area contributed by atoms with Gasteiger partial charge in [0.25, 0.3) is 0 Å². The van der Waals surface area contributed by atoms with Gasteiger partial charge in [-0.1, -0.05) is 30.3 Å². The van der Waals surface area contributed by atoms with E-state index in [9.17, 15) is 0 Å². The molecule has 0 amide bonds. The molecule has 3 heteroatoms. The molecular weight excluding hydrogens is 252 g/mol. The first-order chi connectivity index (χ1) is 9.86. The lowest BCUT2D eigenvalue weighted by Crippen LogP contribution is -2.34. The smallest absolute Gasteiger partial charge is 0.168 e. The van der Waals surface area contributed by atoms with Gasteiger partial charge in [-0.05, 0) is 24.1 Å². The topological polar surface area (TPSA) is 27.7 Å². The lowest BCUT2D eigenvalue weighted by Gasteiger charge is -2.38. The van der Waals surface area contributed by atoms with Crippen LogP contribution in [0.1, 0.15) is 17.2 Å². The van der Waals surface area contributed by atoms with Gasteiger partial charge in [-0.2, -0.15) is 0 Å². The molecule has 3 nitrogen and oxygen atoms in total. The van der Waals surface area contributed by atoms with Crippen molar-refractivity contribution < 1.29 is 14.2 Å². The summed E-state index contributed by atoms with van der Waals surface area (Å²) in [6.45, 7) is 0.673. The molecular formula is C17H16O3. The first-order valence-corrected chi connectivity index (χ1v) is 6.91. The van der Waals surface area contributed by atoms with Crippen molar-refractivity contribution in [2.75, 3.05) is 13.7 Å². The molecule has 0 saturated carbocycles. The van der Waals surface area contributed by atoms with E-state index in [-0.39, 0.29) is 6.10 Å². The number of methoxy groups -OCH3 is 1. The van der Waals surface area contributed by atoms with Crippen LogP contribution in [0.2, 0.25) is 0 Å². The van der Waals surface area contributed by atoms with E-state index >= 15 is 0 Å². The molecule has 0 saturated heterocycles. The van der Waals surface area contributed by atoms with Gasteiger partial charge in [-0.15, -0.1) is 0 Å². The maximum absolute atomic E-state index is 6.23. The van der Waals surface area contributed by atoms with Gasteiger partial charge in [0.2, 0.25) is 0 Å². The van der Waals surface area contributed by atoms with E-state index in [1.807, 2.05) is 24.3 Å². The van der Waals surface area contributed by atoms with Gasteiger partial charge in [-0.25, -0.2) is 0 Å². The lowest BCUT2D eigenvalue weighted by atomic mass is 9.85. The average Bonchev–Trinajstić information content (AvgIpc) is 2.52. The Morgan fingerprint density at radius 1 is 1.10 bits per heavy atom. The molecule has 0 spiro atoms. The van der Waals surface area contributed by atoms with E-state index in [1.54, 1.807) is 7.11 Å². The van der Waals surface area contributed by atoms with Crippen molar-refractivity contribution in [3.05, 3.63) is 53.6 Å². The highest BCUT2D eigenvalue weighted by molar-refractivity contribution is 5.50. The summed E-state index contributed by atoms with van der Waals surface area (Å²) in [7, 11) is 1.67. The molecule has 0 unspecified atom stereocenters. The summed E-state index contributed by atoms with van der Waals surface area (Å²) in [5.74, 6) is 2.97. The summed E-state index contributed by atoms with van der Waals surface area (Å²) in [6.07, 6.45) is 1.06. The van der Waals surface area contributed by atoms with Crippen molar-refractivity contribution in [2.24, 2.45) is 5.92 Å². The van der Waals surface area contributed by atoms with E-state index < -0.39 is 0 Å². The van der Waals surface area contributed by atoms with E-state index in [0.717, 1.165) is 29.2 Å². The lowest BCUT2D eigenvalue weighted by molar-refractivity contribution is 0.0526. The molecule has 20 heavy (non-hydrogen) atoms. The van der Waals surface area contributed by atoms with Crippen LogP contribution < -0.4 is 14.2 Å². The van der Waals surface area contributed by atoms with E-state index in [1.165, 1.54) is 5.56 Å². The molecule has 2 aliphatic heterocycles. The van der Waals surface area contributed by atoms with E-state index in [0.29, 0.717) is 12.5 Å². The van der Waals surface area contributed by atoms with E-state index in [2.05, 4.69) is 18.2 Å². The van der Waals surface area contributed by atoms with Crippen LogP contribution in [0.25, 0.3) is 0 Å². The Kier molecular flexibility index (Phi) is 2.59. The largest absolute Gasteiger partial charge is 0.493 e. The van der Waals surface area contributed by atoms with Crippen LogP contribution in [-0.2, 0) is 6.42 Å². The Balaban J connectivity index is 1.78. The first kappa shape index (κ1) is 11.6. The highest BCUT2D eigenvalue weighted by Crippen LogP contribution is 2.47. The molecule has 2 atom stereocenters. The van der Waals surface area contributed by atoms with Crippen LogP contribution >= 0.6 is 0 Å². The van der Waals surface area contributed by atoms with Crippen LogP contribution in [0, 0.1) is 5.92 Å². The normalized spacial score (nSPS) is 22.6. The summed E-state index contributed by atoms with van der Waals surface area (Å²) >= 11 is 0. The quantitative estimate of drug-likeness (QED) is 0.793. The van der Waals surface area contributed by atoms with Crippen molar-refractivity contribution in [1.29, 1.82) is 0 Å². The fourth-order valence-electron chi connectivity index (χ4n) is 3.14. The summed E-state index contributed by atoms with van der Waals surface area (Å²) < 4.78 is 17.5. The summed E-state index contributed by atoms with van der Waals surface area (Å²) in [5.41, 5.74) is 2.36. The third kappa shape index (κ3) is 1.66. The van der Waals surface area contributed by atoms with Crippen molar-refractivity contribution in [1.82, 2.24) is 0 Å². The summed E-state index contributed by atoms with van der Waals surface area (Å²) in [5, 5.41) is 0. The minimum absolute atomic E-state index is 0.0590. The minimum atomic E-state index is 0.0590.